The van der Waals surface area contributed by atoms with Gasteiger partial charge < -0.3 is 25.8 Å². The molecule has 1 saturated heterocycles. The Hall–Kier alpha value is -2.31. The highest BCUT2D eigenvalue weighted by Crippen LogP contribution is 2.30. The number of nitrogens with one attached hydrogen (secondary N) is 1. The summed E-state index contributed by atoms with van der Waals surface area (Å²) in [7, 11) is 0. The molecule has 6 nitrogen and oxygen atoms in total. The van der Waals surface area contributed by atoms with Crippen LogP contribution in [0, 0.1) is 6.92 Å². The third-order valence-electron chi connectivity index (χ3n) is 4.39. The molecule has 1 aromatic heterocycles. The maximum atomic E-state index is 9.35. The first-order valence-corrected chi connectivity index (χ1v) is 8.65. The smallest absolute Gasteiger partial charge is 0.131 e. The van der Waals surface area contributed by atoms with Crippen LogP contribution in [0.15, 0.2) is 30.3 Å². The van der Waals surface area contributed by atoms with Gasteiger partial charge >= 0.3 is 0 Å². The topological polar surface area (TPSA) is 83.6 Å². The molecular weight excluding hydrogens is 316 g/mol. The first-order chi connectivity index (χ1) is 12.1. The summed E-state index contributed by atoms with van der Waals surface area (Å²) < 4.78 is 5.45. The number of anilines is 3. The largest absolute Gasteiger partial charge is 0.399 e. The average Bonchev–Trinajstić information content (AvgIpc) is 2.64. The Bertz CT molecular complexity index is 729. The lowest BCUT2D eigenvalue weighted by Crippen LogP contribution is -2.37. The van der Waals surface area contributed by atoms with Crippen molar-refractivity contribution in [1.29, 1.82) is 0 Å². The summed E-state index contributed by atoms with van der Waals surface area (Å²) in [5.41, 5.74) is 10.1. The molecule has 0 spiro atoms. The Morgan fingerprint density at radius 1 is 1.28 bits per heavy atom. The van der Waals surface area contributed by atoms with E-state index in [4.69, 9.17) is 15.5 Å². The highest BCUT2D eigenvalue weighted by molar-refractivity contribution is 5.75. The minimum absolute atomic E-state index is 0.0517. The van der Waals surface area contributed by atoms with E-state index < -0.39 is 0 Å². The van der Waals surface area contributed by atoms with E-state index in [-0.39, 0.29) is 12.6 Å². The second kappa shape index (κ2) is 7.72. The Labute approximate surface area is 148 Å². The third kappa shape index (κ3) is 4.21. The van der Waals surface area contributed by atoms with Gasteiger partial charge in [-0.15, -0.1) is 0 Å². The van der Waals surface area contributed by atoms with Crippen molar-refractivity contribution in [3.8, 4) is 11.1 Å². The number of hydrogen-bond acceptors (Lipinski definition) is 6. The van der Waals surface area contributed by atoms with Gasteiger partial charge in [-0.05, 0) is 54.8 Å². The van der Waals surface area contributed by atoms with Crippen molar-refractivity contribution in [2.24, 2.45) is 0 Å². The quantitative estimate of drug-likeness (QED) is 0.723. The number of nitrogen functional groups attached to an aromatic ring is 1. The molecule has 1 aliphatic rings. The van der Waals surface area contributed by atoms with Crippen LogP contribution in [0.25, 0.3) is 11.1 Å². The first-order valence-electron chi connectivity index (χ1n) is 8.65. The molecule has 0 amide bonds. The van der Waals surface area contributed by atoms with E-state index >= 15 is 0 Å². The standard InChI is InChI=1S/C19H26N4O2/c1-13-3-4-16(20)11-17(13)15-9-18(21-14(2)12-24)22-19(10-15)23-5-7-25-8-6-23/h3-4,9-11,14,24H,5-8,12,20H2,1-2H3,(H,21,22)/t14-/m1/s1. The van der Waals surface area contributed by atoms with E-state index in [2.05, 4.69) is 23.2 Å². The fourth-order valence-electron chi connectivity index (χ4n) is 2.95. The minimum atomic E-state index is -0.0674. The van der Waals surface area contributed by atoms with E-state index in [9.17, 15) is 5.11 Å². The van der Waals surface area contributed by atoms with Gasteiger partial charge in [0.2, 0.25) is 0 Å². The zero-order valence-corrected chi connectivity index (χ0v) is 14.8. The van der Waals surface area contributed by atoms with Crippen LogP contribution >= 0.6 is 0 Å². The molecular formula is C19H26N4O2. The second-order valence-corrected chi connectivity index (χ2v) is 6.50. The van der Waals surface area contributed by atoms with Crippen LogP contribution < -0.4 is 16.0 Å². The van der Waals surface area contributed by atoms with Gasteiger partial charge in [0.1, 0.15) is 11.6 Å². The fourth-order valence-corrected chi connectivity index (χ4v) is 2.95. The predicted octanol–water partition coefficient (Wildman–Crippen LogP) is 2.27. The van der Waals surface area contributed by atoms with Crippen LogP contribution in [0.1, 0.15) is 12.5 Å². The maximum absolute atomic E-state index is 9.35. The Balaban J connectivity index is 2.03. The summed E-state index contributed by atoms with van der Waals surface area (Å²) >= 11 is 0. The Kier molecular flexibility index (Phi) is 5.40. The molecule has 3 rings (SSSR count). The van der Waals surface area contributed by atoms with E-state index in [0.29, 0.717) is 13.2 Å². The maximum Gasteiger partial charge on any atom is 0.131 e. The molecule has 25 heavy (non-hydrogen) atoms. The monoisotopic (exact) mass is 342 g/mol. The van der Waals surface area contributed by atoms with Crippen molar-refractivity contribution in [3.05, 3.63) is 35.9 Å². The van der Waals surface area contributed by atoms with Crippen LogP contribution in [-0.2, 0) is 4.74 Å². The van der Waals surface area contributed by atoms with E-state index in [1.807, 2.05) is 31.2 Å². The number of ether oxygens (including phenoxy) is 1. The Morgan fingerprint density at radius 3 is 2.76 bits per heavy atom. The molecule has 0 unspecified atom stereocenters. The van der Waals surface area contributed by atoms with Crippen molar-refractivity contribution >= 4 is 17.3 Å². The molecule has 1 aromatic carbocycles. The third-order valence-corrected chi connectivity index (χ3v) is 4.39. The lowest BCUT2D eigenvalue weighted by atomic mass is 10.00. The normalized spacial score (nSPS) is 15.9. The zero-order chi connectivity index (χ0) is 17.8. The highest BCUT2D eigenvalue weighted by Gasteiger charge is 2.16. The molecule has 4 N–H and O–H groups in total. The SMILES string of the molecule is Cc1ccc(N)cc1-c1cc(N[C@H](C)CO)nc(N2CCOCC2)c1. The molecule has 2 aromatic rings. The summed E-state index contributed by atoms with van der Waals surface area (Å²) in [6.07, 6.45) is 0. The molecule has 1 fully saturated rings. The lowest BCUT2D eigenvalue weighted by molar-refractivity contribution is 0.122. The van der Waals surface area contributed by atoms with E-state index in [0.717, 1.165) is 47.1 Å². The lowest BCUT2D eigenvalue weighted by Gasteiger charge is -2.29. The number of aromatic nitrogens is 1. The number of pyridine rings is 1. The number of aryl methyl sites for hydroxylation is 1. The van der Waals surface area contributed by atoms with Crippen LogP contribution in [-0.4, -0.2) is 49.0 Å². The number of morpholine rings is 1. The number of nitrogens with two attached hydrogens (primary N) is 1. The van der Waals surface area contributed by atoms with Crippen LogP contribution in [0.4, 0.5) is 17.3 Å². The summed E-state index contributed by atoms with van der Waals surface area (Å²) in [5.74, 6) is 1.66. The highest BCUT2D eigenvalue weighted by atomic mass is 16.5. The molecule has 1 atom stereocenters. The number of aliphatic hydroxyl groups excluding tert-OH is 1. The van der Waals surface area contributed by atoms with Crippen molar-refractivity contribution in [2.45, 2.75) is 19.9 Å². The number of aliphatic hydroxyl groups is 1. The van der Waals surface area contributed by atoms with Gasteiger partial charge in [0.15, 0.2) is 0 Å². The second-order valence-electron chi connectivity index (χ2n) is 6.50. The van der Waals surface area contributed by atoms with Gasteiger partial charge in [-0.1, -0.05) is 6.07 Å². The van der Waals surface area contributed by atoms with Crippen molar-refractivity contribution in [1.82, 2.24) is 4.98 Å². The van der Waals surface area contributed by atoms with Crippen molar-refractivity contribution < 1.29 is 9.84 Å². The molecule has 0 bridgehead atoms. The van der Waals surface area contributed by atoms with E-state index in [1.165, 1.54) is 0 Å². The predicted molar refractivity (Wildman–Crippen MR) is 102 cm³/mol. The average molecular weight is 342 g/mol. The number of hydrogen-bond donors (Lipinski definition) is 3. The van der Waals surface area contributed by atoms with Crippen LogP contribution in [0.3, 0.4) is 0 Å². The molecule has 1 aliphatic heterocycles. The van der Waals surface area contributed by atoms with Gasteiger partial charge in [0.25, 0.3) is 0 Å². The Morgan fingerprint density at radius 2 is 2.04 bits per heavy atom. The van der Waals surface area contributed by atoms with Gasteiger partial charge in [0, 0.05) is 24.8 Å². The van der Waals surface area contributed by atoms with Crippen LogP contribution in [0.2, 0.25) is 0 Å². The molecule has 0 radical (unpaired) electrons. The van der Waals surface area contributed by atoms with Gasteiger partial charge in [-0.2, -0.15) is 0 Å². The van der Waals surface area contributed by atoms with Crippen molar-refractivity contribution in [3.63, 3.8) is 0 Å². The summed E-state index contributed by atoms with van der Waals surface area (Å²) in [5, 5.41) is 12.6. The summed E-state index contributed by atoms with van der Waals surface area (Å²) in [6.45, 7) is 7.11. The molecule has 0 aliphatic carbocycles. The van der Waals surface area contributed by atoms with Gasteiger partial charge in [-0.25, -0.2) is 4.98 Å². The van der Waals surface area contributed by atoms with Crippen molar-refractivity contribution in [2.75, 3.05) is 48.9 Å². The molecule has 0 saturated carbocycles. The minimum Gasteiger partial charge on any atom is -0.399 e. The number of nitrogens with zero attached hydrogens (tertiary/aromatic N) is 2. The number of rotatable bonds is 5. The fraction of sp³-hybridized carbons (Fsp3) is 0.421. The molecule has 2 heterocycles. The zero-order valence-electron chi connectivity index (χ0n) is 14.8. The first kappa shape index (κ1) is 17.5. The molecule has 6 heteroatoms. The summed E-state index contributed by atoms with van der Waals surface area (Å²) in [6, 6.07) is 9.98. The van der Waals surface area contributed by atoms with E-state index in [1.54, 1.807) is 0 Å². The van der Waals surface area contributed by atoms with Gasteiger partial charge in [-0.3, -0.25) is 0 Å². The molecule has 134 valence electrons. The van der Waals surface area contributed by atoms with Crippen LogP contribution in [0.5, 0.6) is 0 Å². The number of benzene rings is 1. The van der Waals surface area contributed by atoms with Gasteiger partial charge in [0.05, 0.1) is 19.8 Å². The summed E-state index contributed by atoms with van der Waals surface area (Å²) in [4.78, 5) is 6.97.